The van der Waals surface area contributed by atoms with E-state index in [9.17, 15) is 4.79 Å². The van der Waals surface area contributed by atoms with Crippen LogP contribution in [0.25, 0.3) is 0 Å². The van der Waals surface area contributed by atoms with Crippen LogP contribution in [0.3, 0.4) is 0 Å². The Kier molecular flexibility index (Phi) is 7.15. The molecule has 1 fully saturated rings. The molecular formula is C13H17BrCl2N2O. The van der Waals surface area contributed by atoms with Gasteiger partial charge in [-0.1, -0.05) is 17.7 Å². The van der Waals surface area contributed by atoms with Crippen LogP contribution in [-0.4, -0.2) is 25.5 Å². The molecule has 0 radical (unpaired) electrons. The molecular weight excluding hydrogens is 351 g/mol. The van der Waals surface area contributed by atoms with E-state index in [2.05, 4.69) is 26.6 Å². The average Bonchev–Trinajstić information content (AvgIpc) is 2.85. The number of carbonyl (C=O) groups excluding carboxylic acids is 1. The van der Waals surface area contributed by atoms with Crippen molar-refractivity contribution in [2.75, 3.05) is 19.6 Å². The van der Waals surface area contributed by atoms with Crippen LogP contribution in [0, 0.1) is 5.92 Å². The van der Waals surface area contributed by atoms with Crippen LogP contribution in [0.1, 0.15) is 23.2 Å². The number of halogens is 3. The first-order valence-electron chi connectivity index (χ1n) is 6.11. The van der Waals surface area contributed by atoms with Gasteiger partial charge < -0.3 is 10.6 Å². The van der Waals surface area contributed by atoms with Crippen LogP contribution in [0.4, 0.5) is 0 Å². The van der Waals surface area contributed by atoms with E-state index in [-0.39, 0.29) is 18.3 Å². The second-order valence-corrected chi connectivity index (χ2v) is 5.74. The fourth-order valence-electron chi connectivity index (χ4n) is 2.13. The molecule has 1 unspecified atom stereocenters. The second kappa shape index (κ2) is 8.10. The molecule has 1 heterocycles. The minimum absolute atomic E-state index is 0. The van der Waals surface area contributed by atoms with Crippen molar-refractivity contribution in [2.24, 2.45) is 5.92 Å². The summed E-state index contributed by atoms with van der Waals surface area (Å²) in [5, 5.41) is 6.71. The van der Waals surface area contributed by atoms with Gasteiger partial charge in [-0.05, 0) is 59.9 Å². The monoisotopic (exact) mass is 366 g/mol. The zero-order valence-electron chi connectivity index (χ0n) is 10.4. The Hall–Kier alpha value is -0.290. The molecule has 6 heteroatoms. The van der Waals surface area contributed by atoms with E-state index < -0.39 is 0 Å². The summed E-state index contributed by atoms with van der Waals surface area (Å²) in [5.41, 5.74) is 0.524. The Balaban J connectivity index is 0.00000180. The molecule has 1 aromatic rings. The van der Waals surface area contributed by atoms with Crippen molar-refractivity contribution >= 4 is 45.8 Å². The summed E-state index contributed by atoms with van der Waals surface area (Å²) >= 11 is 9.39. The molecule has 3 nitrogen and oxygen atoms in total. The van der Waals surface area contributed by atoms with Gasteiger partial charge in [-0.15, -0.1) is 12.4 Å². The number of rotatable bonds is 4. The summed E-state index contributed by atoms with van der Waals surface area (Å²) in [4.78, 5) is 12.0. The number of hydrogen-bond acceptors (Lipinski definition) is 2. The first-order chi connectivity index (χ1) is 8.68. The lowest BCUT2D eigenvalue weighted by molar-refractivity contribution is 0.0952. The number of benzene rings is 1. The van der Waals surface area contributed by atoms with Crippen molar-refractivity contribution in [2.45, 2.75) is 12.8 Å². The van der Waals surface area contributed by atoms with Gasteiger partial charge in [0, 0.05) is 11.0 Å². The third-order valence-corrected chi connectivity index (χ3v) is 4.49. The Morgan fingerprint density at radius 1 is 1.53 bits per heavy atom. The van der Waals surface area contributed by atoms with Crippen LogP contribution < -0.4 is 10.6 Å². The van der Waals surface area contributed by atoms with E-state index in [0.717, 1.165) is 24.0 Å². The van der Waals surface area contributed by atoms with Crippen LogP contribution >= 0.6 is 39.9 Å². The molecule has 19 heavy (non-hydrogen) atoms. The normalized spacial score (nSPS) is 17.9. The molecule has 1 amide bonds. The Labute approximate surface area is 133 Å². The maximum Gasteiger partial charge on any atom is 0.252 e. The lowest BCUT2D eigenvalue weighted by atomic mass is 10.1. The standard InChI is InChI=1S/C13H16BrClN2O.ClH/c14-11-3-1-2-10(12(11)15)13(18)17-7-5-9-4-6-16-8-9;/h1-3,9,16H,4-8H2,(H,17,18);1H. The van der Waals surface area contributed by atoms with Gasteiger partial charge in [0.05, 0.1) is 10.6 Å². The lowest BCUT2D eigenvalue weighted by Crippen LogP contribution is -2.26. The van der Waals surface area contributed by atoms with E-state index >= 15 is 0 Å². The molecule has 0 aliphatic carbocycles. The fraction of sp³-hybridized carbons (Fsp3) is 0.462. The highest BCUT2D eigenvalue weighted by molar-refractivity contribution is 9.10. The number of carbonyl (C=O) groups is 1. The fourth-order valence-corrected chi connectivity index (χ4v) is 2.70. The zero-order valence-corrected chi connectivity index (χ0v) is 13.6. The minimum atomic E-state index is -0.104. The van der Waals surface area contributed by atoms with Gasteiger partial charge in [-0.25, -0.2) is 0 Å². The highest BCUT2D eigenvalue weighted by Crippen LogP contribution is 2.25. The Morgan fingerprint density at radius 3 is 3.00 bits per heavy atom. The molecule has 0 bridgehead atoms. The van der Waals surface area contributed by atoms with Gasteiger partial charge in [-0.2, -0.15) is 0 Å². The topological polar surface area (TPSA) is 41.1 Å². The van der Waals surface area contributed by atoms with Gasteiger partial charge >= 0.3 is 0 Å². The summed E-state index contributed by atoms with van der Waals surface area (Å²) in [5.74, 6) is 0.579. The highest BCUT2D eigenvalue weighted by Gasteiger charge is 2.15. The maximum absolute atomic E-state index is 12.0. The highest BCUT2D eigenvalue weighted by atomic mass is 79.9. The predicted octanol–water partition coefficient (Wildman–Crippen LogP) is 3.25. The van der Waals surface area contributed by atoms with Gasteiger partial charge in [0.25, 0.3) is 5.91 Å². The van der Waals surface area contributed by atoms with Crippen molar-refractivity contribution in [1.82, 2.24) is 10.6 Å². The van der Waals surface area contributed by atoms with Crippen molar-refractivity contribution in [3.05, 3.63) is 33.3 Å². The van der Waals surface area contributed by atoms with Crippen LogP contribution in [-0.2, 0) is 0 Å². The van der Waals surface area contributed by atoms with E-state index in [1.165, 1.54) is 6.42 Å². The molecule has 0 saturated carbocycles. The molecule has 1 aliphatic rings. The summed E-state index contributed by atoms with van der Waals surface area (Å²) in [6.45, 7) is 2.86. The molecule has 1 atom stereocenters. The van der Waals surface area contributed by atoms with Gasteiger partial charge in [-0.3, -0.25) is 4.79 Å². The summed E-state index contributed by atoms with van der Waals surface area (Å²) in [6.07, 6.45) is 2.22. The van der Waals surface area contributed by atoms with Crippen LogP contribution in [0.2, 0.25) is 5.02 Å². The molecule has 1 aromatic carbocycles. The second-order valence-electron chi connectivity index (χ2n) is 4.50. The van der Waals surface area contributed by atoms with Gasteiger partial charge in [0.2, 0.25) is 0 Å². The third-order valence-electron chi connectivity index (χ3n) is 3.20. The SMILES string of the molecule is Cl.O=C(NCCC1CCNC1)c1cccc(Br)c1Cl. The Bertz CT molecular complexity index is 437. The van der Waals surface area contributed by atoms with E-state index in [4.69, 9.17) is 11.6 Å². The van der Waals surface area contributed by atoms with Gasteiger partial charge in [0.1, 0.15) is 0 Å². The summed E-state index contributed by atoms with van der Waals surface area (Å²) in [6, 6.07) is 5.37. The minimum Gasteiger partial charge on any atom is -0.352 e. The van der Waals surface area contributed by atoms with Crippen molar-refractivity contribution in [3.8, 4) is 0 Å². The van der Waals surface area contributed by atoms with Crippen molar-refractivity contribution < 1.29 is 4.79 Å². The molecule has 2 N–H and O–H groups in total. The van der Waals surface area contributed by atoms with Crippen molar-refractivity contribution in [3.63, 3.8) is 0 Å². The van der Waals surface area contributed by atoms with Crippen LogP contribution in [0.15, 0.2) is 22.7 Å². The smallest absolute Gasteiger partial charge is 0.252 e. The number of hydrogen-bond donors (Lipinski definition) is 2. The molecule has 106 valence electrons. The zero-order chi connectivity index (χ0) is 13.0. The maximum atomic E-state index is 12.0. The van der Waals surface area contributed by atoms with Crippen LogP contribution in [0.5, 0.6) is 0 Å². The van der Waals surface area contributed by atoms with E-state index in [1.807, 2.05) is 12.1 Å². The lowest BCUT2D eigenvalue weighted by Gasteiger charge is -2.10. The first kappa shape index (κ1) is 16.8. The van der Waals surface area contributed by atoms with Gasteiger partial charge in [0.15, 0.2) is 0 Å². The number of amides is 1. The molecule has 1 aliphatic heterocycles. The van der Waals surface area contributed by atoms with E-state index in [0.29, 0.717) is 23.0 Å². The molecule has 0 spiro atoms. The molecule has 2 rings (SSSR count). The first-order valence-corrected chi connectivity index (χ1v) is 7.28. The predicted molar refractivity (Wildman–Crippen MR) is 84.3 cm³/mol. The average molecular weight is 368 g/mol. The summed E-state index contributed by atoms with van der Waals surface area (Å²) < 4.78 is 0.747. The molecule has 1 saturated heterocycles. The quantitative estimate of drug-likeness (QED) is 0.857. The number of nitrogens with one attached hydrogen (secondary N) is 2. The summed E-state index contributed by atoms with van der Waals surface area (Å²) in [7, 11) is 0. The van der Waals surface area contributed by atoms with Crippen molar-refractivity contribution in [1.29, 1.82) is 0 Å². The largest absolute Gasteiger partial charge is 0.352 e. The Morgan fingerprint density at radius 2 is 2.32 bits per heavy atom. The molecule has 0 aromatic heterocycles. The van der Waals surface area contributed by atoms with E-state index in [1.54, 1.807) is 6.07 Å². The third kappa shape index (κ3) is 4.63.